The van der Waals surface area contributed by atoms with Gasteiger partial charge in [-0.2, -0.15) is 10.4 Å². The Hall–Kier alpha value is -4.37. The minimum atomic E-state index is -0.237. The number of rotatable bonds is 6. The molecule has 2 heterocycles. The van der Waals surface area contributed by atoms with Crippen molar-refractivity contribution in [3.63, 3.8) is 0 Å². The fourth-order valence-electron chi connectivity index (χ4n) is 4.78. The normalized spacial score (nSPS) is 13.4. The highest BCUT2D eigenvalue weighted by Gasteiger charge is 2.15. The van der Waals surface area contributed by atoms with Crippen molar-refractivity contribution in [2.24, 2.45) is 5.10 Å². The van der Waals surface area contributed by atoms with E-state index >= 15 is 0 Å². The summed E-state index contributed by atoms with van der Waals surface area (Å²) >= 11 is 0. The van der Waals surface area contributed by atoms with Crippen LogP contribution in [0.3, 0.4) is 0 Å². The molecule has 1 amide bonds. The Morgan fingerprint density at radius 3 is 2.51 bits per heavy atom. The molecule has 6 nitrogen and oxygen atoms in total. The van der Waals surface area contributed by atoms with Gasteiger partial charge in [0, 0.05) is 53.0 Å². The van der Waals surface area contributed by atoms with Crippen molar-refractivity contribution in [2.45, 2.75) is 26.3 Å². The quantitative estimate of drug-likeness (QED) is 0.315. The third-order valence-electron chi connectivity index (χ3n) is 6.71. The number of nitriles is 1. The SMILES string of the molecule is Cc1c(/C=N\NC(=O)c2ccc(N3CCCC3)cc2)c2ccccc2n1Cc1ccccc1C#N. The van der Waals surface area contributed by atoms with Gasteiger partial charge in [0.1, 0.15) is 0 Å². The van der Waals surface area contributed by atoms with Gasteiger partial charge in [0.2, 0.25) is 0 Å². The predicted octanol–water partition coefficient (Wildman–Crippen LogP) is 5.23. The zero-order valence-corrected chi connectivity index (χ0v) is 19.7. The van der Waals surface area contributed by atoms with Crippen LogP contribution in [0.1, 0.15) is 45.6 Å². The number of hydrazone groups is 1. The van der Waals surface area contributed by atoms with Gasteiger partial charge in [-0.1, -0.05) is 36.4 Å². The third kappa shape index (κ3) is 4.53. The standard InChI is InChI=1S/C29H27N5O/c1-21-27(19-31-32-29(35)22-12-14-25(15-13-22)33-16-6-7-17-33)26-10-4-5-11-28(26)34(21)20-24-9-3-2-8-23(24)18-30/h2-5,8-15,19H,6-7,16-17,20H2,1H3,(H,32,35)/b31-19-. The molecule has 1 saturated heterocycles. The molecule has 0 atom stereocenters. The van der Waals surface area contributed by atoms with Crippen molar-refractivity contribution in [3.8, 4) is 6.07 Å². The summed E-state index contributed by atoms with van der Waals surface area (Å²) in [4.78, 5) is 15.0. The van der Waals surface area contributed by atoms with Gasteiger partial charge in [0.05, 0.1) is 17.8 Å². The summed E-state index contributed by atoms with van der Waals surface area (Å²) in [6, 6.07) is 25.7. The number of aromatic nitrogens is 1. The van der Waals surface area contributed by atoms with E-state index in [4.69, 9.17) is 0 Å². The molecule has 174 valence electrons. The lowest BCUT2D eigenvalue weighted by Crippen LogP contribution is -2.19. The van der Waals surface area contributed by atoms with E-state index in [0.717, 1.165) is 46.5 Å². The Bertz CT molecular complexity index is 1440. The number of carbonyl (C=O) groups is 1. The summed E-state index contributed by atoms with van der Waals surface area (Å²) in [6.45, 7) is 4.77. The molecule has 0 bridgehead atoms. The lowest BCUT2D eigenvalue weighted by Gasteiger charge is -2.17. The van der Waals surface area contributed by atoms with Crippen molar-refractivity contribution in [3.05, 3.63) is 101 Å². The van der Waals surface area contributed by atoms with Gasteiger partial charge >= 0.3 is 0 Å². The van der Waals surface area contributed by atoms with Crippen molar-refractivity contribution >= 4 is 28.7 Å². The minimum Gasteiger partial charge on any atom is -0.372 e. The van der Waals surface area contributed by atoms with E-state index < -0.39 is 0 Å². The first kappa shape index (κ1) is 22.4. The Morgan fingerprint density at radius 2 is 1.74 bits per heavy atom. The van der Waals surface area contributed by atoms with E-state index in [2.05, 4.69) is 38.2 Å². The number of nitrogens with zero attached hydrogens (tertiary/aromatic N) is 4. The molecule has 6 heteroatoms. The lowest BCUT2D eigenvalue weighted by molar-refractivity contribution is 0.0955. The highest BCUT2D eigenvalue weighted by atomic mass is 16.2. The number of benzene rings is 3. The number of carbonyl (C=O) groups excluding carboxylic acids is 1. The first-order valence-electron chi connectivity index (χ1n) is 11.9. The topological polar surface area (TPSA) is 73.4 Å². The van der Waals surface area contributed by atoms with E-state index in [1.54, 1.807) is 6.21 Å². The van der Waals surface area contributed by atoms with Crippen LogP contribution in [0.2, 0.25) is 0 Å². The number of nitrogens with one attached hydrogen (secondary N) is 1. The summed E-state index contributed by atoms with van der Waals surface area (Å²) < 4.78 is 2.19. The first-order valence-corrected chi connectivity index (χ1v) is 11.9. The average molecular weight is 462 g/mol. The monoisotopic (exact) mass is 461 g/mol. The number of para-hydroxylation sites is 1. The maximum atomic E-state index is 12.7. The third-order valence-corrected chi connectivity index (χ3v) is 6.71. The van der Waals surface area contributed by atoms with Crippen molar-refractivity contribution < 1.29 is 4.79 Å². The molecule has 0 spiro atoms. The molecule has 0 saturated carbocycles. The molecule has 1 N–H and O–H groups in total. The van der Waals surface area contributed by atoms with Gasteiger partial charge < -0.3 is 9.47 Å². The van der Waals surface area contributed by atoms with Crippen molar-refractivity contribution in [1.29, 1.82) is 5.26 Å². The molecule has 3 aromatic carbocycles. The fourth-order valence-corrected chi connectivity index (χ4v) is 4.78. The van der Waals surface area contributed by atoms with E-state index in [9.17, 15) is 10.1 Å². The molecular weight excluding hydrogens is 434 g/mol. The van der Waals surface area contributed by atoms with Crippen LogP contribution in [0.5, 0.6) is 0 Å². The van der Waals surface area contributed by atoms with Crippen molar-refractivity contribution in [2.75, 3.05) is 18.0 Å². The molecule has 1 aromatic heterocycles. The molecule has 0 radical (unpaired) electrons. The largest absolute Gasteiger partial charge is 0.372 e. The van der Waals surface area contributed by atoms with Crippen molar-refractivity contribution in [1.82, 2.24) is 9.99 Å². The van der Waals surface area contributed by atoms with Crippen LogP contribution in [0.25, 0.3) is 10.9 Å². The first-order chi connectivity index (χ1) is 17.2. The molecule has 5 rings (SSSR count). The van der Waals surface area contributed by atoms with Crippen LogP contribution in [-0.4, -0.2) is 29.8 Å². The maximum absolute atomic E-state index is 12.7. The summed E-state index contributed by atoms with van der Waals surface area (Å²) in [7, 11) is 0. The summed E-state index contributed by atoms with van der Waals surface area (Å²) in [5, 5.41) is 14.8. The lowest BCUT2D eigenvalue weighted by atomic mass is 10.1. The molecule has 1 aliphatic rings. The van der Waals surface area contributed by atoms with E-state index in [0.29, 0.717) is 17.7 Å². The van der Waals surface area contributed by atoms with Crippen LogP contribution >= 0.6 is 0 Å². The Kier molecular flexibility index (Phi) is 6.32. The molecule has 0 unspecified atom stereocenters. The number of fused-ring (bicyclic) bond motifs is 1. The Morgan fingerprint density at radius 1 is 1.03 bits per heavy atom. The molecule has 4 aromatic rings. The number of hydrogen-bond donors (Lipinski definition) is 1. The summed E-state index contributed by atoms with van der Waals surface area (Å²) in [6.07, 6.45) is 4.15. The summed E-state index contributed by atoms with van der Waals surface area (Å²) in [5.41, 5.74) is 9.07. The molecule has 1 aliphatic heterocycles. The van der Waals surface area contributed by atoms with Gasteiger partial charge in [0.25, 0.3) is 5.91 Å². The second-order valence-electron chi connectivity index (χ2n) is 8.81. The number of anilines is 1. The van der Waals surface area contributed by atoms with E-state index in [1.807, 2.05) is 67.6 Å². The second-order valence-corrected chi connectivity index (χ2v) is 8.81. The van der Waals surface area contributed by atoms with Crippen LogP contribution < -0.4 is 10.3 Å². The van der Waals surface area contributed by atoms with Gasteiger partial charge in [-0.05, 0) is 61.7 Å². The molecular formula is C29H27N5O. The fraction of sp³-hybridized carbons (Fsp3) is 0.207. The van der Waals surface area contributed by atoms with Crippen LogP contribution in [0, 0.1) is 18.3 Å². The smallest absolute Gasteiger partial charge is 0.271 e. The Labute approximate surface area is 205 Å². The van der Waals surface area contributed by atoms with Crippen LogP contribution in [0.15, 0.2) is 77.9 Å². The van der Waals surface area contributed by atoms with Crippen LogP contribution in [-0.2, 0) is 6.54 Å². The average Bonchev–Trinajstić information content (AvgIpc) is 3.53. The second kappa shape index (κ2) is 9.86. The molecule has 35 heavy (non-hydrogen) atoms. The molecule has 1 fully saturated rings. The van der Waals surface area contributed by atoms with Gasteiger partial charge in [-0.3, -0.25) is 4.79 Å². The predicted molar refractivity (Wildman–Crippen MR) is 140 cm³/mol. The minimum absolute atomic E-state index is 0.237. The van der Waals surface area contributed by atoms with E-state index in [-0.39, 0.29) is 5.91 Å². The van der Waals surface area contributed by atoms with Crippen LogP contribution in [0.4, 0.5) is 5.69 Å². The maximum Gasteiger partial charge on any atom is 0.271 e. The highest BCUT2D eigenvalue weighted by Crippen LogP contribution is 2.26. The van der Waals surface area contributed by atoms with Gasteiger partial charge in [-0.15, -0.1) is 0 Å². The van der Waals surface area contributed by atoms with Gasteiger partial charge in [-0.25, -0.2) is 5.43 Å². The zero-order chi connectivity index (χ0) is 24.2. The number of amides is 1. The van der Waals surface area contributed by atoms with E-state index in [1.165, 1.54) is 12.8 Å². The van der Waals surface area contributed by atoms with Gasteiger partial charge in [0.15, 0.2) is 0 Å². The Balaban J connectivity index is 1.36. The number of hydrogen-bond acceptors (Lipinski definition) is 4. The molecule has 0 aliphatic carbocycles. The highest BCUT2D eigenvalue weighted by molar-refractivity contribution is 6.02. The summed E-state index contributed by atoms with van der Waals surface area (Å²) in [5.74, 6) is -0.237. The zero-order valence-electron chi connectivity index (χ0n) is 19.7.